The van der Waals surface area contributed by atoms with E-state index in [1.165, 1.54) is 6.08 Å². The number of hydrogen-bond acceptors (Lipinski definition) is 4. The van der Waals surface area contributed by atoms with Gasteiger partial charge < -0.3 is 9.47 Å². The number of esters is 2. The van der Waals surface area contributed by atoms with Crippen molar-refractivity contribution in [3.05, 3.63) is 12.7 Å². The molecule has 0 aromatic carbocycles. The average Bonchev–Trinajstić information content (AvgIpc) is 2.47. The molecule has 0 aromatic rings. The van der Waals surface area contributed by atoms with Crippen LogP contribution in [0.1, 0.15) is 25.7 Å². The van der Waals surface area contributed by atoms with Crippen molar-refractivity contribution in [2.45, 2.75) is 37.9 Å². The highest BCUT2D eigenvalue weighted by Crippen LogP contribution is 2.48. The maximum Gasteiger partial charge on any atom is 0.330 e. The van der Waals surface area contributed by atoms with Crippen molar-refractivity contribution in [3.63, 3.8) is 0 Å². The zero-order valence-electron chi connectivity index (χ0n) is 9.63. The summed E-state index contributed by atoms with van der Waals surface area (Å²) in [6, 6.07) is 0. The van der Waals surface area contributed by atoms with Crippen LogP contribution in [0, 0.1) is 17.8 Å². The van der Waals surface area contributed by atoms with Crippen LogP contribution in [-0.4, -0.2) is 24.1 Å². The van der Waals surface area contributed by atoms with Crippen molar-refractivity contribution < 1.29 is 19.1 Å². The Balaban J connectivity index is 1.84. The number of hydrogen-bond donors (Lipinski definition) is 0. The molecule has 2 saturated heterocycles. The molecule has 2 saturated carbocycles. The topological polar surface area (TPSA) is 52.6 Å². The van der Waals surface area contributed by atoms with Gasteiger partial charge in [-0.2, -0.15) is 0 Å². The highest BCUT2D eigenvalue weighted by molar-refractivity contribution is 5.81. The minimum absolute atomic E-state index is 0.0242. The second kappa shape index (κ2) is 3.86. The van der Waals surface area contributed by atoms with Gasteiger partial charge in [0, 0.05) is 12.0 Å². The van der Waals surface area contributed by atoms with Gasteiger partial charge in [-0.3, -0.25) is 4.79 Å². The van der Waals surface area contributed by atoms with Crippen LogP contribution in [0.2, 0.25) is 0 Å². The van der Waals surface area contributed by atoms with Crippen molar-refractivity contribution in [1.82, 2.24) is 0 Å². The van der Waals surface area contributed by atoms with Gasteiger partial charge >= 0.3 is 11.9 Å². The van der Waals surface area contributed by atoms with Gasteiger partial charge in [0.1, 0.15) is 12.2 Å². The van der Waals surface area contributed by atoms with Crippen molar-refractivity contribution in [3.8, 4) is 0 Å². The summed E-state index contributed by atoms with van der Waals surface area (Å²) < 4.78 is 10.8. The molecule has 4 fully saturated rings. The smallest absolute Gasteiger partial charge is 0.330 e. The molecule has 0 radical (unpaired) electrons. The number of rotatable bonds is 2. The van der Waals surface area contributed by atoms with Crippen LogP contribution >= 0.6 is 0 Å². The molecular formula is C13H16O4. The number of carbonyl (C=O) groups excluding carboxylic acids is 2. The Labute approximate surface area is 100.0 Å². The first kappa shape index (κ1) is 10.8. The van der Waals surface area contributed by atoms with Crippen LogP contribution in [0.15, 0.2) is 12.7 Å². The lowest BCUT2D eigenvalue weighted by Crippen LogP contribution is -2.45. The normalized spacial score (nSPS) is 42.8. The molecular weight excluding hydrogens is 220 g/mol. The largest absolute Gasteiger partial charge is 0.458 e. The standard InChI is InChI=1S/C13H16O4/c1-2-11(14)17-12-8-3-7-4-9(6-8)13(15)16-10(12)5-7/h2,7-10,12H,1,3-6H2/t7?,8-,9?,10?,12?/m1/s1. The maximum absolute atomic E-state index is 11.8. The van der Waals surface area contributed by atoms with E-state index in [9.17, 15) is 9.59 Å². The SMILES string of the molecule is C=CC(=O)OC1C2CC3CC(C[C@H]1C3)C(=O)O2. The van der Waals surface area contributed by atoms with E-state index in [1.807, 2.05) is 0 Å². The van der Waals surface area contributed by atoms with E-state index in [4.69, 9.17) is 9.47 Å². The first-order valence-electron chi connectivity index (χ1n) is 6.21. The number of fused-ring (bicyclic) bond motifs is 1. The molecule has 4 rings (SSSR count). The van der Waals surface area contributed by atoms with Crippen LogP contribution in [0.4, 0.5) is 0 Å². The lowest BCUT2D eigenvalue weighted by Gasteiger charge is -2.41. The Morgan fingerprint density at radius 3 is 2.94 bits per heavy atom. The number of carbonyl (C=O) groups is 2. The predicted molar refractivity (Wildman–Crippen MR) is 58.9 cm³/mol. The fraction of sp³-hybridized carbons (Fsp3) is 0.692. The summed E-state index contributed by atoms with van der Waals surface area (Å²) in [5.74, 6) is 0.357. The summed E-state index contributed by atoms with van der Waals surface area (Å²) in [5, 5.41) is 0. The Kier molecular flexibility index (Phi) is 2.45. The molecule has 0 aromatic heterocycles. The molecule has 4 nitrogen and oxygen atoms in total. The third-order valence-electron chi connectivity index (χ3n) is 4.26. The van der Waals surface area contributed by atoms with Gasteiger partial charge in [0.25, 0.3) is 0 Å². The Bertz CT molecular complexity index is 376. The van der Waals surface area contributed by atoms with Crippen molar-refractivity contribution in [2.24, 2.45) is 17.8 Å². The molecule has 17 heavy (non-hydrogen) atoms. The van der Waals surface area contributed by atoms with Crippen LogP contribution in [0.3, 0.4) is 0 Å². The Hall–Kier alpha value is -1.32. The molecule has 2 aliphatic carbocycles. The van der Waals surface area contributed by atoms with Gasteiger partial charge in [0.2, 0.25) is 0 Å². The highest BCUT2D eigenvalue weighted by atomic mass is 16.6. The quantitative estimate of drug-likeness (QED) is 0.538. The van der Waals surface area contributed by atoms with Gasteiger partial charge in [0.05, 0.1) is 5.92 Å². The lowest BCUT2D eigenvalue weighted by molar-refractivity contribution is -0.169. The van der Waals surface area contributed by atoms with Crippen molar-refractivity contribution in [1.29, 1.82) is 0 Å². The third-order valence-corrected chi connectivity index (χ3v) is 4.26. The molecule has 2 aliphatic heterocycles. The second-order valence-electron chi connectivity index (χ2n) is 5.35. The molecule has 4 unspecified atom stereocenters. The average molecular weight is 236 g/mol. The van der Waals surface area contributed by atoms with E-state index < -0.39 is 5.97 Å². The zero-order valence-corrected chi connectivity index (χ0v) is 9.63. The summed E-state index contributed by atoms with van der Waals surface area (Å²) in [6.45, 7) is 3.40. The Morgan fingerprint density at radius 1 is 1.35 bits per heavy atom. The van der Waals surface area contributed by atoms with E-state index in [0.29, 0.717) is 5.92 Å². The molecule has 0 N–H and O–H groups in total. The number of ether oxygens (including phenoxy) is 2. The molecule has 0 spiro atoms. The van der Waals surface area contributed by atoms with Crippen LogP contribution in [0.5, 0.6) is 0 Å². The summed E-state index contributed by atoms with van der Waals surface area (Å²) in [7, 11) is 0. The first-order valence-corrected chi connectivity index (χ1v) is 6.21. The summed E-state index contributed by atoms with van der Waals surface area (Å²) in [4.78, 5) is 23.1. The summed E-state index contributed by atoms with van der Waals surface area (Å²) in [5.41, 5.74) is 0. The van der Waals surface area contributed by atoms with Gasteiger partial charge in [-0.1, -0.05) is 6.58 Å². The molecule has 4 bridgehead atoms. The first-order chi connectivity index (χ1) is 8.17. The van der Waals surface area contributed by atoms with Crippen molar-refractivity contribution in [2.75, 3.05) is 0 Å². The summed E-state index contributed by atoms with van der Waals surface area (Å²) >= 11 is 0. The fourth-order valence-corrected chi connectivity index (χ4v) is 3.62. The third kappa shape index (κ3) is 1.75. The zero-order chi connectivity index (χ0) is 12.0. The van der Waals surface area contributed by atoms with Gasteiger partial charge in [-0.05, 0) is 31.6 Å². The van der Waals surface area contributed by atoms with Gasteiger partial charge in [0.15, 0.2) is 0 Å². The molecule has 5 atom stereocenters. The van der Waals surface area contributed by atoms with E-state index in [2.05, 4.69) is 6.58 Å². The minimum Gasteiger partial charge on any atom is -0.458 e. The van der Waals surface area contributed by atoms with Crippen LogP contribution in [-0.2, 0) is 19.1 Å². The van der Waals surface area contributed by atoms with E-state index in [-0.39, 0.29) is 30.0 Å². The minimum atomic E-state index is -0.418. The van der Waals surface area contributed by atoms with Crippen LogP contribution in [0.25, 0.3) is 0 Å². The highest BCUT2D eigenvalue weighted by Gasteiger charge is 2.51. The second-order valence-corrected chi connectivity index (χ2v) is 5.35. The molecule has 0 amide bonds. The van der Waals surface area contributed by atoms with Crippen LogP contribution < -0.4 is 0 Å². The van der Waals surface area contributed by atoms with Crippen molar-refractivity contribution >= 4 is 11.9 Å². The van der Waals surface area contributed by atoms with Gasteiger partial charge in [-0.25, -0.2) is 4.79 Å². The molecule has 92 valence electrons. The maximum atomic E-state index is 11.8. The van der Waals surface area contributed by atoms with Gasteiger partial charge in [-0.15, -0.1) is 0 Å². The van der Waals surface area contributed by atoms with E-state index in [0.717, 1.165) is 25.7 Å². The monoisotopic (exact) mass is 236 g/mol. The summed E-state index contributed by atoms with van der Waals surface area (Å²) in [6.07, 6.45) is 4.33. The fourth-order valence-electron chi connectivity index (χ4n) is 3.62. The lowest BCUT2D eigenvalue weighted by atomic mass is 9.67. The molecule has 4 heteroatoms. The Morgan fingerprint density at radius 2 is 2.18 bits per heavy atom. The molecule has 4 aliphatic rings. The predicted octanol–water partition coefficient (Wildman–Crippen LogP) is 1.45. The molecule has 2 heterocycles. The van der Waals surface area contributed by atoms with E-state index >= 15 is 0 Å². The van der Waals surface area contributed by atoms with E-state index in [1.54, 1.807) is 0 Å².